The van der Waals surface area contributed by atoms with E-state index in [4.69, 9.17) is 21.1 Å². The highest BCUT2D eigenvalue weighted by molar-refractivity contribution is 9.09. The van der Waals surface area contributed by atoms with Gasteiger partial charge in [0.1, 0.15) is 19.0 Å². The Kier molecular flexibility index (Phi) is 4.09. The van der Waals surface area contributed by atoms with Crippen LogP contribution in [0.3, 0.4) is 0 Å². The molecule has 2 nitrogen and oxygen atoms in total. The van der Waals surface area contributed by atoms with Crippen molar-refractivity contribution in [1.29, 1.82) is 0 Å². The molecule has 1 heterocycles. The first-order chi connectivity index (χ1) is 10.1. The number of aryl methyl sites for hydroxylation is 1. The standard InChI is InChI=1S/C16H13BrClFO2/c1-9-2-3-10(19)6-11(9)16(17)12-7-14-15(8-13(12)18)21-5-4-20-14/h2-3,6-8,16H,4-5H2,1H3. The van der Waals surface area contributed by atoms with Crippen molar-refractivity contribution in [3.05, 3.63) is 57.9 Å². The molecule has 0 aliphatic carbocycles. The first kappa shape index (κ1) is 14.7. The van der Waals surface area contributed by atoms with E-state index in [9.17, 15) is 4.39 Å². The Labute approximate surface area is 136 Å². The number of fused-ring (bicyclic) bond motifs is 1. The van der Waals surface area contributed by atoms with Gasteiger partial charge < -0.3 is 9.47 Å². The van der Waals surface area contributed by atoms with Crippen LogP contribution in [0.15, 0.2) is 30.3 Å². The van der Waals surface area contributed by atoms with Crippen LogP contribution in [-0.4, -0.2) is 13.2 Å². The van der Waals surface area contributed by atoms with E-state index in [-0.39, 0.29) is 10.6 Å². The van der Waals surface area contributed by atoms with E-state index in [0.29, 0.717) is 29.7 Å². The third-order valence-corrected chi connectivity index (χ3v) is 4.76. The molecule has 0 fully saturated rings. The number of halogens is 3. The molecule has 0 saturated carbocycles. The zero-order chi connectivity index (χ0) is 15.0. The van der Waals surface area contributed by atoms with Crippen LogP contribution in [0.1, 0.15) is 21.5 Å². The van der Waals surface area contributed by atoms with E-state index in [2.05, 4.69) is 15.9 Å². The number of hydrogen-bond donors (Lipinski definition) is 0. The molecule has 2 aromatic carbocycles. The van der Waals surface area contributed by atoms with E-state index in [1.54, 1.807) is 12.1 Å². The summed E-state index contributed by atoms with van der Waals surface area (Å²) < 4.78 is 24.6. The summed E-state index contributed by atoms with van der Waals surface area (Å²) in [6.07, 6.45) is 0. The Morgan fingerprint density at radius 1 is 1.10 bits per heavy atom. The lowest BCUT2D eigenvalue weighted by atomic mass is 9.99. The molecule has 1 aliphatic rings. The second-order valence-corrected chi connectivity index (χ2v) is 6.20. The van der Waals surface area contributed by atoms with Crippen LogP contribution in [0.2, 0.25) is 5.02 Å². The second kappa shape index (κ2) is 5.85. The minimum Gasteiger partial charge on any atom is -0.486 e. The monoisotopic (exact) mass is 370 g/mol. The molecule has 3 rings (SSSR count). The SMILES string of the molecule is Cc1ccc(F)cc1C(Br)c1cc2c(cc1Cl)OCCO2. The van der Waals surface area contributed by atoms with Crippen LogP contribution in [0.5, 0.6) is 11.5 Å². The summed E-state index contributed by atoms with van der Waals surface area (Å²) in [6.45, 7) is 2.97. The summed E-state index contributed by atoms with van der Waals surface area (Å²) in [7, 11) is 0. The maximum absolute atomic E-state index is 13.5. The number of benzene rings is 2. The van der Waals surface area contributed by atoms with E-state index in [1.807, 2.05) is 13.0 Å². The van der Waals surface area contributed by atoms with Gasteiger partial charge >= 0.3 is 0 Å². The molecular formula is C16H13BrClFO2. The average Bonchev–Trinajstić information content (AvgIpc) is 2.48. The Morgan fingerprint density at radius 3 is 2.48 bits per heavy atom. The maximum atomic E-state index is 13.5. The van der Waals surface area contributed by atoms with Crippen LogP contribution in [-0.2, 0) is 0 Å². The van der Waals surface area contributed by atoms with Gasteiger partial charge in [-0.3, -0.25) is 0 Å². The largest absolute Gasteiger partial charge is 0.486 e. The van der Waals surface area contributed by atoms with Crippen molar-refractivity contribution in [2.75, 3.05) is 13.2 Å². The van der Waals surface area contributed by atoms with Gasteiger partial charge in [0.05, 0.1) is 4.83 Å². The van der Waals surface area contributed by atoms with Crippen molar-refractivity contribution in [3.63, 3.8) is 0 Å². The molecule has 0 amide bonds. The minimum atomic E-state index is -0.270. The summed E-state index contributed by atoms with van der Waals surface area (Å²) in [5.74, 6) is 1.04. The van der Waals surface area contributed by atoms with Gasteiger partial charge in [0.25, 0.3) is 0 Å². The molecule has 0 N–H and O–H groups in total. The molecular weight excluding hydrogens is 359 g/mol. The van der Waals surface area contributed by atoms with E-state index < -0.39 is 0 Å². The van der Waals surface area contributed by atoms with Crippen molar-refractivity contribution >= 4 is 27.5 Å². The van der Waals surface area contributed by atoms with Crippen molar-refractivity contribution < 1.29 is 13.9 Å². The number of rotatable bonds is 2. The van der Waals surface area contributed by atoms with Gasteiger partial charge in [-0.2, -0.15) is 0 Å². The van der Waals surface area contributed by atoms with Gasteiger partial charge in [0.2, 0.25) is 0 Å². The molecule has 2 aromatic rings. The lowest BCUT2D eigenvalue weighted by Gasteiger charge is -2.22. The van der Waals surface area contributed by atoms with Crippen LogP contribution >= 0.6 is 27.5 Å². The van der Waals surface area contributed by atoms with E-state index in [0.717, 1.165) is 16.7 Å². The van der Waals surface area contributed by atoms with Crippen molar-refractivity contribution in [2.45, 2.75) is 11.8 Å². The van der Waals surface area contributed by atoms with Gasteiger partial charge in [-0.25, -0.2) is 4.39 Å². The molecule has 5 heteroatoms. The molecule has 1 unspecified atom stereocenters. The fourth-order valence-electron chi connectivity index (χ4n) is 2.33. The number of ether oxygens (including phenoxy) is 2. The van der Waals surface area contributed by atoms with E-state index >= 15 is 0 Å². The van der Waals surface area contributed by atoms with Gasteiger partial charge in [-0.05, 0) is 41.8 Å². The summed E-state index contributed by atoms with van der Waals surface area (Å²) in [4.78, 5) is -0.212. The fraction of sp³-hybridized carbons (Fsp3) is 0.250. The highest BCUT2D eigenvalue weighted by Gasteiger charge is 2.21. The highest BCUT2D eigenvalue weighted by Crippen LogP contribution is 2.43. The Balaban J connectivity index is 2.05. The Bertz CT molecular complexity index is 690. The lowest BCUT2D eigenvalue weighted by molar-refractivity contribution is 0.171. The first-order valence-corrected chi connectivity index (χ1v) is 7.85. The second-order valence-electron chi connectivity index (χ2n) is 4.88. The minimum absolute atomic E-state index is 0.212. The highest BCUT2D eigenvalue weighted by atomic mass is 79.9. The Morgan fingerprint density at radius 2 is 1.76 bits per heavy atom. The molecule has 21 heavy (non-hydrogen) atoms. The predicted molar refractivity (Wildman–Crippen MR) is 84.3 cm³/mol. The van der Waals surface area contributed by atoms with Crippen LogP contribution in [0.25, 0.3) is 0 Å². The molecule has 0 bridgehead atoms. The third kappa shape index (κ3) is 2.87. The Hall–Kier alpha value is -1.26. The first-order valence-electron chi connectivity index (χ1n) is 6.55. The number of alkyl halides is 1. The van der Waals surface area contributed by atoms with Crippen molar-refractivity contribution in [3.8, 4) is 11.5 Å². The van der Waals surface area contributed by atoms with Crippen LogP contribution in [0.4, 0.5) is 4.39 Å². The molecule has 1 aliphatic heterocycles. The predicted octanol–water partition coefficient (Wildman–Crippen LogP) is 5.04. The van der Waals surface area contributed by atoms with Gasteiger partial charge in [0.15, 0.2) is 11.5 Å². The maximum Gasteiger partial charge on any atom is 0.162 e. The molecule has 0 spiro atoms. The summed E-state index contributed by atoms with van der Waals surface area (Å²) in [6, 6.07) is 8.31. The van der Waals surface area contributed by atoms with Gasteiger partial charge in [0, 0.05) is 11.1 Å². The molecule has 0 aromatic heterocycles. The average molecular weight is 372 g/mol. The lowest BCUT2D eigenvalue weighted by Crippen LogP contribution is -2.15. The van der Waals surface area contributed by atoms with Crippen molar-refractivity contribution in [1.82, 2.24) is 0 Å². The fourth-order valence-corrected chi connectivity index (χ4v) is 3.59. The molecule has 0 radical (unpaired) electrons. The normalized spacial score (nSPS) is 14.9. The number of hydrogen-bond acceptors (Lipinski definition) is 2. The quantitative estimate of drug-likeness (QED) is 0.688. The molecule has 0 saturated heterocycles. The smallest absolute Gasteiger partial charge is 0.162 e. The zero-order valence-electron chi connectivity index (χ0n) is 11.3. The molecule has 110 valence electrons. The van der Waals surface area contributed by atoms with Gasteiger partial charge in [-0.15, -0.1) is 0 Å². The topological polar surface area (TPSA) is 18.5 Å². The van der Waals surface area contributed by atoms with Crippen LogP contribution in [0, 0.1) is 12.7 Å². The molecule has 1 atom stereocenters. The van der Waals surface area contributed by atoms with E-state index in [1.165, 1.54) is 12.1 Å². The summed E-state index contributed by atoms with van der Waals surface area (Å²) >= 11 is 9.95. The zero-order valence-corrected chi connectivity index (χ0v) is 13.7. The summed E-state index contributed by atoms with van der Waals surface area (Å²) in [5.41, 5.74) is 2.66. The third-order valence-electron chi connectivity index (χ3n) is 3.45. The summed E-state index contributed by atoms with van der Waals surface area (Å²) in [5, 5.41) is 0.560. The van der Waals surface area contributed by atoms with Crippen LogP contribution < -0.4 is 9.47 Å². The van der Waals surface area contributed by atoms with Crippen molar-refractivity contribution in [2.24, 2.45) is 0 Å². The van der Waals surface area contributed by atoms with Gasteiger partial charge in [-0.1, -0.05) is 33.6 Å².